The van der Waals surface area contributed by atoms with E-state index >= 15 is 0 Å². The van der Waals surface area contributed by atoms with Crippen LogP contribution >= 0.6 is 11.8 Å². The summed E-state index contributed by atoms with van der Waals surface area (Å²) in [6, 6.07) is 0. The fourth-order valence-corrected chi connectivity index (χ4v) is 2.91. The van der Waals surface area contributed by atoms with Gasteiger partial charge in [0.05, 0.1) is 12.2 Å². The van der Waals surface area contributed by atoms with Crippen LogP contribution in [0.4, 0.5) is 0 Å². The average Bonchev–Trinajstić information content (AvgIpc) is 2.29. The first-order valence-electron chi connectivity index (χ1n) is 6.52. The lowest BCUT2D eigenvalue weighted by Crippen LogP contribution is -2.47. The van der Waals surface area contributed by atoms with Crippen molar-refractivity contribution in [1.82, 2.24) is 4.90 Å². The number of rotatable bonds is 5. The Kier molecular flexibility index (Phi) is 5.77. The molecule has 0 unspecified atom stereocenters. The molecule has 0 spiro atoms. The minimum atomic E-state index is -0.0178. The SMILES string of the molecule is CSC1(CN)CCN(CCOC(C)(C)C)CC1. The van der Waals surface area contributed by atoms with E-state index in [2.05, 4.69) is 31.9 Å². The van der Waals surface area contributed by atoms with Crippen molar-refractivity contribution in [3.8, 4) is 0 Å². The number of likely N-dealkylation sites (tertiary alicyclic amines) is 1. The maximum atomic E-state index is 5.89. The maximum absolute atomic E-state index is 5.89. The van der Waals surface area contributed by atoms with Gasteiger partial charge in [-0.3, -0.25) is 0 Å². The Balaban J connectivity index is 2.23. The quantitative estimate of drug-likeness (QED) is 0.820. The van der Waals surface area contributed by atoms with E-state index in [4.69, 9.17) is 10.5 Å². The number of ether oxygens (including phenoxy) is 1. The van der Waals surface area contributed by atoms with E-state index in [0.29, 0.717) is 4.75 Å². The number of nitrogens with two attached hydrogens (primary N) is 1. The summed E-state index contributed by atoms with van der Waals surface area (Å²) in [6.45, 7) is 11.3. The first kappa shape index (κ1) is 15.3. The Bertz CT molecular complexity index is 214. The highest BCUT2D eigenvalue weighted by atomic mass is 32.2. The van der Waals surface area contributed by atoms with E-state index in [1.54, 1.807) is 0 Å². The lowest BCUT2D eigenvalue weighted by atomic mass is 9.96. The fraction of sp³-hybridized carbons (Fsp3) is 1.00. The minimum Gasteiger partial charge on any atom is -0.375 e. The minimum absolute atomic E-state index is 0.0178. The van der Waals surface area contributed by atoms with Gasteiger partial charge in [-0.1, -0.05) is 0 Å². The topological polar surface area (TPSA) is 38.5 Å². The zero-order chi connectivity index (χ0) is 12.9. The van der Waals surface area contributed by atoms with E-state index in [1.165, 1.54) is 12.8 Å². The summed E-state index contributed by atoms with van der Waals surface area (Å²) in [5.74, 6) is 0. The molecule has 4 heteroatoms. The second kappa shape index (κ2) is 6.41. The van der Waals surface area contributed by atoms with Crippen LogP contribution in [0, 0.1) is 0 Å². The molecule has 1 fully saturated rings. The highest BCUT2D eigenvalue weighted by molar-refractivity contribution is 8.00. The monoisotopic (exact) mass is 260 g/mol. The van der Waals surface area contributed by atoms with Crippen molar-refractivity contribution >= 4 is 11.8 Å². The summed E-state index contributed by atoms with van der Waals surface area (Å²) in [7, 11) is 0. The van der Waals surface area contributed by atoms with Gasteiger partial charge in [-0.15, -0.1) is 0 Å². The van der Waals surface area contributed by atoms with Crippen LogP contribution in [0.2, 0.25) is 0 Å². The van der Waals surface area contributed by atoms with E-state index in [0.717, 1.165) is 32.8 Å². The van der Waals surface area contributed by atoms with Crippen molar-refractivity contribution in [1.29, 1.82) is 0 Å². The van der Waals surface area contributed by atoms with Crippen molar-refractivity contribution in [3.05, 3.63) is 0 Å². The van der Waals surface area contributed by atoms with Crippen LogP contribution in [0.25, 0.3) is 0 Å². The molecule has 102 valence electrons. The summed E-state index contributed by atoms with van der Waals surface area (Å²) < 4.78 is 6.10. The Hall–Kier alpha value is 0.230. The molecule has 0 saturated carbocycles. The van der Waals surface area contributed by atoms with Gasteiger partial charge < -0.3 is 15.4 Å². The van der Waals surface area contributed by atoms with Crippen LogP contribution in [-0.4, -0.2) is 54.3 Å². The third-order valence-electron chi connectivity index (χ3n) is 3.51. The van der Waals surface area contributed by atoms with Crippen LogP contribution in [0.3, 0.4) is 0 Å². The van der Waals surface area contributed by atoms with Crippen molar-refractivity contribution in [3.63, 3.8) is 0 Å². The van der Waals surface area contributed by atoms with Gasteiger partial charge in [-0.05, 0) is 53.0 Å². The van der Waals surface area contributed by atoms with Crippen LogP contribution in [0.15, 0.2) is 0 Å². The maximum Gasteiger partial charge on any atom is 0.0600 e. The molecule has 0 aromatic rings. The van der Waals surface area contributed by atoms with Gasteiger partial charge in [-0.25, -0.2) is 0 Å². The predicted octanol–water partition coefficient (Wildman–Crippen LogP) is 1.96. The molecule has 0 aliphatic carbocycles. The molecular formula is C13H28N2OS. The summed E-state index contributed by atoms with van der Waals surface area (Å²) in [4.78, 5) is 2.50. The van der Waals surface area contributed by atoms with Crippen LogP contribution in [0.5, 0.6) is 0 Å². The third-order valence-corrected chi connectivity index (χ3v) is 4.96. The van der Waals surface area contributed by atoms with Gasteiger partial charge in [0, 0.05) is 17.8 Å². The molecule has 0 aromatic carbocycles. The lowest BCUT2D eigenvalue weighted by molar-refractivity contribution is -0.0155. The fourth-order valence-electron chi connectivity index (χ4n) is 2.16. The van der Waals surface area contributed by atoms with Crippen molar-refractivity contribution in [2.75, 3.05) is 39.0 Å². The first-order valence-corrected chi connectivity index (χ1v) is 7.75. The lowest BCUT2D eigenvalue weighted by Gasteiger charge is -2.40. The van der Waals surface area contributed by atoms with Crippen LogP contribution in [0.1, 0.15) is 33.6 Å². The van der Waals surface area contributed by atoms with Crippen LogP contribution < -0.4 is 5.73 Å². The molecule has 3 nitrogen and oxygen atoms in total. The molecule has 1 heterocycles. The summed E-state index contributed by atoms with van der Waals surface area (Å²) in [5.41, 5.74) is 5.87. The number of nitrogens with zero attached hydrogens (tertiary/aromatic N) is 1. The Morgan fingerprint density at radius 1 is 1.29 bits per heavy atom. The zero-order valence-electron chi connectivity index (χ0n) is 11.8. The standard InChI is InChI=1S/C13H28N2OS/c1-12(2,3)16-10-9-15-7-5-13(11-14,17-4)6-8-15/h5-11,14H2,1-4H3. The molecule has 17 heavy (non-hydrogen) atoms. The van der Waals surface area contributed by atoms with Gasteiger partial charge in [0.2, 0.25) is 0 Å². The highest BCUT2D eigenvalue weighted by Crippen LogP contribution is 2.33. The van der Waals surface area contributed by atoms with Gasteiger partial charge in [-0.2, -0.15) is 11.8 Å². The second-order valence-electron chi connectivity index (χ2n) is 5.89. The second-order valence-corrected chi connectivity index (χ2v) is 7.17. The van der Waals surface area contributed by atoms with Crippen LogP contribution in [-0.2, 0) is 4.74 Å². The molecule has 0 atom stereocenters. The number of piperidine rings is 1. The molecule has 0 bridgehead atoms. The smallest absolute Gasteiger partial charge is 0.0600 e. The molecule has 1 aliphatic heterocycles. The highest BCUT2D eigenvalue weighted by Gasteiger charge is 2.32. The molecule has 1 saturated heterocycles. The van der Waals surface area contributed by atoms with E-state index in [-0.39, 0.29) is 5.60 Å². The van der Waals surface area contributed by atoms with Gasteiger partial charge in [0.25, 0.3) is 0 Å². The third kappa shape index (κ3) is 5.16. The van der Waals surface area contributed by atoms with Gasteiger partial charge in [0.15, 0.2) is 0 Å². The number of hydrogen-bond acceptors (Lipinski definition) is 4. The molecule has 0 aromatic heterocycles. The molecule has 2 N–H and O–H groups in total. The average molecular weight is 260 g/mol. The molecule has 1 rings (SSSR count). The normalized spacial score (nSPS) is 21.7. The van der Waals surface area contributed by atoms with E-state index in [9.17, 15) is 0 Å². The summed E-state index contributed by atoms with van der Waals surface area (Å²) >= 11 is 1.94. The summed E-state index contributed by atoms with van der Waals surface area (Å²) in [6.07, 6.45) is 4.60. The van der Waals surface area contributed by atoms with Crippen molar-refractivity contribution < 1.29 is 4.74 Å². The first-order chi connectivity index (χ1) is 7.91. The largest absolute Gasteiger partial charge is 0.375 e. The predicted molar refractivity (Wildman–Crippen MR) is 76.7 cm³/mol. The number of hydrogen-bond donors (Lipinski definition) is 1. The van der Waals surface area contributed by atoms with Gasteiger partial charge in [0.1, 0.15) is 0 Å². The molecule has 1 aliphatic rings. The molecule has 0 radical (unpaired) electrons. The van der Waals surface area contributed by atoms with Crippen molar-refractivity contribution in [2.45, 2.75) is 44.0 Å². The molecule has 0 amide bonds. The zero-order valence-corrected chi connectivity index (χ0v) is 12.6. The molecular weight excluding hydrogens is 232 g/mol. The Morgan fingerprint density at radius 3 is 2.29 bits per heavy atom. The van der Waals surface area contributed by atoms with Crippen molar-refractivity contribution in [2.24, 2.45) is 5.73 Å². The number of thioether (sulfide) groups is 1. The van der Waals surface area contributed by atoms with E-state index < -0.39 is 0 Å². The van der Waals surface area contributed by atoms with Gasteiger partial charge >= 0.3 is 0 Å². The Morgan fingerprint density at radius 2 is 1.88 bits per heavy atom. The van der Waals surface area contributed by atoms with E-state index in [1.807, 2.05) is 11.8 Å². The Labute approximate surface area is 110 Å². The summed E-state index contributed by atoms with van der Waals surface area (Å²) in [5, 5.41) is 0.